The van der Waals surface area contributed by atoms with Gasteiger partial charge in [-0.2, -0.15) is 11.3 Å². The van der Waals surface area contributed by atoms with Gasteiger partial charge in [-0.25, -0.2) is 14.0 Å². The van der Waals surface area contributed by atoms with Crippen LogP contribution in [0.5, 0.6) is 0 Å². The molecule has 104 valence electrons. The Labute approximate surface area is 118 Å². The third-order valence-electron chi connectivity index (χ3n) is 2.49. The molecule has 0 fully saturated rings. The molecule has 3 N–H and O–H groups in total. The second-order valence-corrected chi connectivity index (χ2v) is 4.71. The van der Waals surface area contributed by atoms with Gasteiger partial charge >= 0.3 is 12.0 Å². The highest BCUT2D eigenvalue weighted by Gasteiger charge is 2.13. The minimum Gasteiger partial charge on any atom is -0.478 e. The lowest BCUT2D eigenvalue weighted by Crippen LogP contribution is -2.28. The van der Waals surface area contributed by atoms with Crippen LogP contribution in [0.25, 0.3) is 0 Å². The Morgan fingerprint density at radius 3 is 2.75 bits per heavy atom. The summed E-state index contributed by atoms with van der Waals surface area (Å²) in [6, 6.07) is 4.36. The van der Waals surface area contributed by atoms with Crippen LogP contribution in [0.3, 0.4) is 0 Å². The van der Waals surface area contributed by atoms with Crippen LogP contribution in [0.1, 0.15) is 15.9 Å². The highest BCUT2D eigenvalue weighted by molar-refractivity contribution is 7.07. The Morgan fingerprint density at radius 2 is 2.10 bits per heavy atom. The van der Waals surface area contributed by atoms with Gasteiger partial charge < -0.3 is 15.7 Å². The quantitative estimate of drug-likeness (QED) is 0.811. The number of thiophene rings is 1. The first-order valence-electron chi connectivity index (χ1n) is 5.65. The van der Waals surface area contributed by atoms with Crippen molar-refractivity contribution in [1.29, 1.82) is 0 Å². The molecule has 0 aliphatic heterocycles. The van der Waals surface area contributed by atoms with E-state index in [1.165, 1.54) is 11.3 Å². The van der Waals surface area contributed by atoms with Gasteiger partial charge in [0, 0.05) is 6.54 Å². The molecule has 7 heteroatoms. The molecule has 0 aliphatic carbocycles. The van der Waals surface area contributed by atoms with Crippen molar-refractivity contribution in [3.05, 3.63) is 52.0 Å². The van der Waals surface area contributed by atoms with Crippen LogP contribution in [0.4, 0.5) is 14.9 Å². The maximum Gasteiger partial charge on any atom is 0.337 e. The molecule has 2 aromatic rings. The van der Waals surface area contributed by atoms with Crippen LogP contribution in [-0.4, -0.2) is 17.1 Å². The molecule has 0 bridgehead atoms. The van der Waals surface area contributed by atoms with Gasteiger partial charge in [0.15, 0.2) is 0 Å². The summed E-state index contributed by atoms with van der Waals surface area (Å²) in [4.78, 5) is 22.6. The van der Waals surface area contributed by atoms with Gasteiger partial charge in [-0.1, -0.05) is 0 Å². The number of carboxylic acid groups (broad SMARTS) is 1. The fourth-order valence-electron chi connectivity index (χ4n) is 1.55. The molecule has 1 aromatic carbocycles. The van der Waals surface area contributed by atoms with Gasteiger partial charge in [0.05, 0.1) is 11.3 Å². The van der Waals surface area contributed by atoms with E-state index in [1.807, 2.05) is 16.8 Å². The highest BCUT2D eigenvalue weighted by Crippen LogP contribution is 2.17. The molecule has 5 nitrogen and oxygen atoms in total. The zero-order valence-corrected chi connectivity index (χ0v) is 11.0. The molecule has 0 saturated carbocycles. The number of carboxylic acids is 1. The average molecular weight is 294 g/mol. The minimum absolute atomic E-state index is 0.0830. The summed E-state index contributed by atoms with van der Waals surface area (Å²) >= 11 is 1.50. The van der Waals surface area contributed by atoms with Crippen molar-refractivity contribution in [1.82, 2.24) is 5.32 Å². The molecule has 0 aliphatic rings. The number of nitrogens with one attached hydrogen (secondary N) is 2. The van der Waals surface area contributed by atoms with Crippen LogP contribution < -0.4 is 10.6 Å². The second kappa shape index (κ2) is 6.16. The topological polar surface area (TPSA) is 78.4 Å². The van der Waals surface area contributed by atoms with E-state index in [0.29, 0.717) is 6.54 Å². The van der Waals surface area contributed by atoms with Crippen molar-refractivity contribution >= 4 is 29.0 Å². The summed E-state index contributed by atoms with van der Waals surface area (Å²) in [7, 11) is 0. The predicted octanol–water partition coefficient (Wildman–Crippen LogP) is 2.91. The van der Waals surface area contributed by atoms with Crippen molar-refractivity contribution < 1.29 is 19.1 Å². The Balaban J connectivity index is 2.03. The number of aromatic carboxylic acids is 1. The molecule has 0 unspecified atom stereocenters. The van der Waals surface area contributed by atoms with E-state index in [9.17, 15) is 14.0 Å². The maximum absolute atomic E-state index is 13.1. The number of hydrogen-bond donors (Lipinski definition) is 3. The minimum atomic E-state index is -1.24. The first kappa shape index (κ1) is 14.0. The number of anilines is 1. The van der Waals surface area contributed by atoms with Gasteiger partial charge in [-0.3, -0.25) is 0 Å². The van der Waals surface area contributed by atoms with Crippen LogP contribution in [0.2, 0.25) is 0 Å². The lowest BCUT2D eigenvalue weighted by molar-refractivity contribution is 0.0698. The number of rotatable bonds is 4. The van der Waals surface area contributed by atoms with E-state index < -0.39 is 17.8 Å². The van der Waals surface area contributed by atoms with E-state index in [-0.39, 0.29) is 11.3 Å². The Kier molecular flexibility index (Phi) is 4.31. The lowest BCUT2D eigenvalue weighted by atomic mass is 10.2. The molecule has 1 heterocycles. The molecule has 0 spiro atoms. The number of amides is 2. The summed E-state index contributed by atoms with van der Waals surface area (Å²) in [6.07, 6.45) is 0. The van der Waals surface area contributed by atoms with Crippen LogP contribution in [0.15, 0.2) is 35.0 Å². The third kappa shape index (κ3) is 3.55. The summed E-state index contributed by atoms with van der Waals surface area (Å²) in [5.74, 6) is -1.86. The summed E-state index contributed by atoms with van der Waals surface area (Å²) in [5, 5.41) is 17.6. The van der Waals surface area contributed by atoms with Gasteiger partial charge in [-0.15, -0.1) is 0 Å². The van der Waals surface area contributed by atoms with E-state index in [4.69, 9.17) is 5.11 Å². The van der Waals surface area contributed by atoms with Gasteiger partial charge in [0.1, 0.15) is 5.82 Å². The lowest BCUT2D eigenvalue weighted by Gasteiger charge is -2.09. The molecular formula is C13H11FN2O3S. The van der Waals surface area contributed by atoms with Gasteiger partial charge in [0.2, 0.25) is 0 Å². The standard InChI is InChI=1S/C13H11FN2O3S/c14-9-1-2-10(12(17)18)11(5-9)16-13(19)15-6-8-3-4-20-7-8/h1-5,7H,6H2,(H,17,18)(H2,15,16,19). The van der Waals surface area contributed by atoms with Crippen molar-refractivity contribution in [2.24, 2.45) is 0 Å². The smallest absolute Gasteiger partial charge is 0.337 e. The first-order chi connectivity index (χ1) is 9.56. The molecule has 0 radical (unpaired) electrons. The summed E-state index contributed by atoms with van der Waals surface area (Å²) in [5.41, 5.74) is 0.681. The largest absolute Gasteiger partial charge is 0.478 e. The van der Waals surface area contributed by atoms with E-state index in [2.05, 4.69) is 10.6 Å². The number of halogens is 1. The maximum atomic E-state index is 13.1. The number of carbonyl (C=O) groups is 2. The van der Waals surface area contributed by atoms with Crippen LogP contribution in [0, 0.1) is 5.82 Å². The Hall–Kier alpha value is -2.41. The predicted molar refractivity (Wildman–Crippen MR) is 73.5 cm³/mol. The molecular weight excluding hydrogens is 283 g/mol. The third-order valence-corrected chi connectivity index (χ3v) is 3.23. The Morgan fingerprint density at radius 1 is 1.30 bits per heavy atom. The van der Waals surface area contributed by atoms with Crippen LogP contribution in [-0.2, 0) is 6.54 Å². The normalized spacial score (nSPS) is 10.1. The number of carbonyl (C=O) groups excluding carboxylic acids is 1. The zero-order valence-electron chi connectivity index (χ0n) is 10.2. The molecule has 0 atom stereocenters. The van der Waals surface area contributed by atoms with E-state index >= 15 is 0 Å². The highest BCUT2D eigenvalue weighted by atomic mass is 32.1. The molecule has 0 saturated heterocycles. The fraction of sp³-hybridized carbons (Fsp3) is 0.0769. The number of urea groups is 1. The van der Waals surface area contributed by atoms with Crippen LogP contribution >= 0.6 is 11.3 Å². The second-order valence-electron chi connectivity index (χ2n) is 3.93. The van der Waals surface area contributed by atoms with Crippen molar-refractivity contribution in [2.75, 3.05) is 5.32 Å². The first-order valence-corrected chi connectivity index (χ1v) is 6.59. The monoisotopic (exact) mass is 294 g/mol. The molecule has 2 rings (SSSR count). The average Bonchev–Trinajstić information content (AvgIpc) is 2.89. The van der Waals surface area contributed by atoms with Crippen molar-refractivity contribution in [3.63, 3.8) is 0 Å². The Bertz CT molecular complexity index is 629. The summed E-state index contributed by atoms with van der Waals surface area (Å²) in [6.45, 7) is 0.313. The van der Waals surface area contributed by atoms with Gasteiger partial charge in [-0.05, 0) is 40.6 Å². The van der Waals surface area contributed by atoms with Crippen molar-refractivity contribution in [2.45, 2.75) is 6.54 Å². The van der Waals surface area contributed by atoms with E-state index in [1.54, 1.807) is 0 Å². The van der Waals surface area contributed by atoms with E-state index in [0.717, 1.165) is 23.8 Å². The van der Waals surface area contributed by atoms with Crippen molar-refractivity contribution in [3.8, 4) is 0 Å². The molecule has 20 heavy (non-hydrogen) atoms. The molecule has 2 amide bonds. The zero-order chi connectivity index (χ0) is 14.5. The fourth-order valence-corrected chi connectivity index (χ4v) is 2.22. The molecule has 1 aromatic heterocycles. The SMILES string of the molecule is O=C(NCc1ccsc1)Nc1cc(F)ccc1C(=O)O. The number of hydrogen-bond acceptors (Lipinski definition) is 3. The van der Waals surface area contributed by atoms with Gasteiger partial charge in [0.25, 0.3) is 0 Å². The summed E-state index contributed by atoms with van der Waals surface area (Å²) < 4.78 is 13.1. The number of benzene rings is 1.